The molecule has 0 spiro atoms. The van der Waals surface area contributed by atoms with E-state index in [1.807, 2.05) is 24.3 Å². The molecule has 2 atom stereocenters. The Morgan fingerprint density at radius 2 is 0.864 bits per heavy atom. The molecular formula is C39H44O5. The fraction of sp³-hybridized carbons (Fsp3) is 0.385. The molecule has 0 amide bonds. The van der Waals surface area contributed by atoms with Crippen molar-refractivity contribution >= 4 is 0 Å². The number of ether oxygens (including phenoxy) is 4. The Kier molecular flexibility index (Phi) is 8.82. The van der Waals surface area contributed by atoms with Crippen LogP contribution in [0.1, 0.15) is 61.1 Å². The highest BCUT2D eigenvalue weighted by Crippen LogP contribution is 2.34. The first kappa shape index (κ1) is 30.4. The second-order valence-corrected chi connectivity index (χ2v) is 13.3. The highest BCUT2D eigenvalue weighted by Gasteiger charge is 2.26. The van der Waals surface area contributed by atoms with Gasteiger partial charge in [-0.3, -0.25) is 0 Å². The third kappa shape index (κ3) is 7.52. The van der Waals surface area contributed by atoms with Crippen LogP contribution in [0.5, 0.6) is 11.5 Å². The first-order chi connectivity index (χ1) is 21.2. The van der Waals surface area contributed by atoms with Crippen molar-refractivity contribution in [3.05, 3.63) is 130 Å². The van der Waals surface area contributed by atoms with Gasteiger partial charge in [-0.1, -0.05) is 100 Å². The zero-order chi connectivity index (χ0) is 30.7. The van der Waals surface area contributed by atoms with E-state index < -0.39 is 6.10 Å². The highest BCUT2D eigenvalue weighted by atomic mass is 16.6. The van der Waals surface area contributed by atoms with Crippen LogP contribution in [0.15, 0.2) is 97.1 Å². The van der Waals surface area contributed by atoms with Crippen molar-refractivity contribution in [3.8, 4) is 11.5 Å². The molecule has 0 aliphatic carbocycles. The van der Waals surface area contributed by atoms with E-state index in [9.17, 15) is 5.11 Å². The summed E-state index contributed by atoms with van der Waals surface area (Å²) in [5, 5.41) is 10.9. The molecule has 2 unspecified atom stereocenters. The standard InChI is InChI=1S/C39H44O5/c1-38(2,31-13-17-34(18-14-31)41-23-36-25-43-36)29-9-5-27(6-10-29)21-33(40)22-28-7-11-30(12-8-28)39(3,4)32-15-19-35(20-16-32)42-24-37-26-44-37/h5-20,33,36-37,40H,21-26H2,1-4H3. The van der Waals surface area contributed by atoms with Gasteiger partial charge in [0.05, 0.1) is 19.3 Å². The molecule has 4 aromatic carbocycles. The smallest absolute Gasteiger partial charge is 0.119 e. The summed E-state index contributed by atoms with van der Waals surface area (Å²) in [5.41, 5.74) is 6.93. The number of hydrogen-bond acceptors (Lipinski definition) is 5. The lowest BCUT2D eigenvalue weighted by Crippen LogP contribution is -2.20. The minimum Gasteiger partial charge on any atom is -0.491 e. The fourth-order valence-electron chi connectivity index (χ4n) is 5.71. The van der Waals surface area contributed by atoms with Crippen molar-refractivity contribution in [1.82, 2.24) is 0 Å². The topological polar surface area (TPSA) is 63.8 Å². The van der Waals surface area contributed by atoms with Crippen LogP contribution in [0.25, 0.3) is 0 Å². The minimum atomic E-state index is -0.449. The molecule has 2 saturated heterocycles. The Bertz CT molecular complexity index is 1380. The third-order valence-corrected chi connectivity index (χ3v) is 9.12. The second kappa shape index (κ2) is 12.8. The number of benzene rings is 4. The summed E-state index contributed by atoms with van der Waals surface area (Å²) in [6.07, 6.45) is 1.29. The lowest BCUT2D eigenvalue weighted by molar-refractivity contribution is 0.175. The van der Waals surface area contributed by atoms with Crippen LogP contribution in [0.2, 0.25) is 0 Å². The lowest BCUT2D eigenvalue weighted by Gasteiger charge is -2.27. The Morgan fingerprint density at radius 3 is 1.16 bits per heavy atom. The maximum atomic E-state index is 10.9. The molecule has 2 aliphatic heterocycles. The Hall–Kier alpha value is -3.64. The summed E-state index contributed by atoms with van der Waals surface area (Å²) < 4.78 is 22.1. The molecule has 0 bridgehead atoms. The van der Waals surface area contributed by atoms with Gasteiger partial charge in [0.15, 0.2) is 0 Å². The maximum Gasteiger partial charge on any atom is 0.119 e. The number of aliphatic hydroxyl groups excluding tert-OH is 1. The van der Waals surface area contributed by atoms with Crippen LogP contribution in [0.3, 0.4) is 0 Å². The summed E-state index contributed by atoms with van der Waals surface area (Å²) in [7, 11) is 0. The molecule has 5 nitrogen and oxygen atoms in total. The molecule has 2 heterocycles. The fourth-order valence-corrected chi connectivity index (χ4v) is 5.71. The summed E-state index contributed by atoms with van der Waals surface area (Å²) in [4.78, 5) is 0. The Labute approximate surface area is 261 Å². The predicted molar refractivity (Wildman–Crippen MR) is 174 cm³/mol. The van der Waals surface area contributed by atoms with Gasteiger partial charge < -0.3 is 24.1 Å². The van der Waals surface area contributed by atoms with Crippen molar-refractivity contribution in [2.75, 3.05) is 26.4 Å². The summed E-state index contributed by atoms with van der Waals surface area (Å²) in [6.45, 7) is 11.8. The molecule has 5 heteroatoms. The van der Waals surface area contributed by atoms with Crippen molar-refractivity contribution in [2.24, 2.45) is 0 Å². The van der Waals surface area contributed by atoms with Gasteiger partial charge in [0.2, 0.25) is 0 Å². The first-order valence-corrected chi connectivity index (χ1v) is 15.7. The van der Waals surface area contributed by atoms with Crippen molar-refractivity contribution < 1.29 is 24.1 Å². The number of epoxide rings is 2. The molecule has 230 valence electrons. The molecule has 6 rings (SSSR count). The van der Waals surface area contributed by atoms with Gasteiger partial charge in [0.25, 0.3) is 0 Å². The van der Waals surface area contributed by atoms with E-state index in [0.29, 0.717) is 26.1 Å². The van der Waals surface area contributed by atoms with Crippen molar-refractivity contribution in [3.63, 3.8) is 0 Å². The van der Waals surface area contributed by atoms with E-state index in [-0.39, 0.29) is 23.0 Å². The van der Waals surface area contributed by atoms with Gasteiger partial charge in [-0.25, -0.2) is 0 Å². The van der Waals surface area contributed by atoms with Crippen LogP contribution in [-0.2, 0) is 33.1 Å². The molecular weight excluding hydrogens is 548 g/mol. The third-order valence-electron chi connectivity index (χ3n) is 9.12. The van der Waals surface area contributed by atoms with Crippen LogP contribution in [0.4, 0.5) is 0 Å². The zero-order valence-electron chi connectivity index (χ0n) is 26.3. The van der Waals surface area contributed by atoms with Gasteiger partial charge >= 0.3 is 0 Å². The van der Waals surface area contributed by atoms with E-state index in [4.69, 9.17) is 18.9 Å². The molecule has 2 fully saturated rings. The van der Waals surface area contributed by atoms with Crippen LogP contribution in [0, 0.1) is 0 Å². The SMILES string of the molecule is CC(C)(c1ccc(CC(O)Cc2ccc(C(C)(C)c3ccc(OCC4CO4)cc3)cc2)cc1)c1ccc(OCC2CO2)cc1. The van der Waals surface area contributed by atoms with E-state index in [2.05, 4.69) is 100 Å². The van der Waals surface area contributed by atoms with E-state index in [0.717, 1.165) is 35.8 Å². The molecule has 4 aromatic rings. The Balaban J connectivity index is 1.02. The maximum absolute atomic E-state index is 10.9. The van der Waals surface area contributed by atoms with Crippen LogP contribution >= 0.6 is 0 Å². The largest absolute Gasteiger partial charge is 0.491 e. The Morgan fingerprint density at radius 1 is 0.568 bits per heavy atom. The lowest BCUT2D eigenvalue weighted by atomic mass is 9.77. The molecule has 0 radical (unpaired) electrons. The summed E-state index contributed by atoms with van der Waals surface area (Å²) >= 11 is 0. The van der Waals surface area contributed by atoms with E-state index in [1.54, 1.807) is 0 Å². The van der Waals surface area contributed by atoms with Crippen molar-refractivity contribution in [1.29, 1.82) is 0 Å². The molecule has 2 aliphatic rings. The highest BCUT2D eigenvalue weighted by molar-refractivity contribution is 5.42. The van der Waals surface area contributed by atoms with Crippen LogP contribution in [-0.4, -0.2) is 49.8 Å². The molecule has 0 aromatic heterocycles. The normalized spacial score (nSPS) is 18.5. The van der Waals surface area contributed by atoms with E-state index in [1.165, 1.54) is 22.3 Å². The summed E-state index contributed by atoms with van der Waals surface area (Å²) in [5.74, 6) is 1.75. The molecule has 0 saturated carbocycles. The number of rotatable bonds is 14. The number of aliphatic hydroxyl groups is 1. The minimum absolute atomic E-state index is 0.147. The molecule has 1 N–H and O–H groups in total. The van der Waals surface area contributed by atoms with Gasteiger partial charge in [-0.15, -0.1) is 0 Å². The average molecular weight is 593 g/mol. The summed E-state index contributed by atoms with van der Waals surface area (Å²) in [6, 6.07) is 34.1. The second-order valence-electron chi connectivity index (χ2n) is 13.3. The van der Waals surface area contributed by atoms with Gasteiger partial charge in [0, 0.05) is 10.8 Å². The first-order valence-electron chi connectivity index (χ1n) is 15.7. The van der Waals surface area contributed by atoms with Crippen LogP contribution < -0.4 is 9.47 Å². The average Bonchev–Trinajstić information content (AvgIpc) is 3.96. The number of hydrogen-bond donors (Lipinski definition) is 1. The quantitative estimate of drug-likeness (QED) is 0.159. The van der Waals surface area contributed by atoms with E-state index >= 15 is 0 Å². The monoisotopic (exact) mass is 592 g/mol. The zero-order valence-corrected chi connectivity index (χ0v) is 26.3. The van der Waals surface area contributed by atoms with Gasteiger partial charge in [-0.2, -0.15) is 0 Å². The van der Waals surface area contributed by atoms with Gasteiger partial charge in [0.1, 0.15) is 36.9 Å². The molecule has 44 heavy (non-hydrogen) atoms. The van der Waals surface area contributed by atoms with Crippen molar-refractivity contribution in [2.45, 2.75) is 69.7 Å². The van der Waals surface area contributed by atoms with Gasteiger partial charge in [-0.05, 0) is 70.5 Å². The predicted octanol–water partition coefficient (Wildman–Crippen LogP) is 7.04.